The Balaban J connectivity index is 2.49. The summed E-state index contributed by atoms with van der Waals surface area (Å²) in [5.41, 5.74) is 1.95. The van der Waals surface area contributed by atoms with E-state index in [0.717, 1.165) is 23.1 Å². The first-order valence-corrected chi connectivity index (χ1v) is 12.5. The Hall–Kier alpha value is -1.37. The summed E-state index contributed by atoms with van der Waals surface area (Å²) >= 11 is 0. The van der Waals surface area contributed by atoms with Gasteiger partial charge in [0.15, 0.2) is 15.1 Å². The second-order valence-corrected chi connectivity index (χ2v) is 13.8. The van der Waals surface area contributed by atoms with Crippen molar-refractivity contribution in [1.29, 1.82) is 0 Å². The third kappa shape index (κ3) is 4.55. The summed E-state index contributed by atoms with van der Waals surface area (Å²) in [7, 11) is -0.395. The van der Waals surface area contributed by atoms with Crippen molar-refractivity contribution in [2.45, 2.75) is 77.1 Å². The highest BCUT2D eigenvalue weighted by molar-refractivity contribution is 6.74. The zero-order valence-electron chi connectivity index (χ0n) is 17.8. The molecule has 5 nitrogen and oxygen atoms in total. The minimum atomic E-state index is -1.96. The van der Waals surface area contributed by atoms with Crippen LogP contribution in [0.5, 0.6) is 5.75 Å². The molecule has 1 N–H and O–H groups in total. The van der Waals surface area contributed by atoms with Gasteiger partial charge in [-0.25, -0.2) is 0 Å². The van der Waals surface area contributed by atoms with Crippen LogP contribution in [0.25, 0.3) is 0 Å². The van der Waals surface area contributed by atoms with Crippen molar-refractivity contribution in [1.82, 2.24) is 0 Å². The number of carboxylic acids is 1. The van der Waals surface area contributed by atoms with Crippen LogP contribution in [0.4, 0.5) is 0 Å². The van der Waals surface area contributed by atoms with E-state index >= 15 is 0 Å². The maximum absolute atomic E-state index is 12.1. The van der Waals surface area contributed by atoms with Crippen molar-refractivity contribution in [3.05, 3.63) is 28.8 Å². The first-order valence-electron chi connectivity index (χ1n) is 9.64. The van der Waals surface area contributed by atoms with E-state index in [-0.39, 0.29) is 11.8 Å². The molecule has 2 rings (SSSR count). The molecule has 0 saturated heterocycles. The molecule has 1 aliphatic carbocycles. The van der Waals surface area contributed by atoms with Crippen molar-refractivity contribution in [2.75, 3.05) is 13.9 Å². The van der Waals surface area contributed by atoms with E-state index in [1.165, 1.54) is 0 Å². The van der Waals surface area contributed by atoms with E-state index in [9.17, 15) is 9.90 Å². The number of hydrogen-bond donors (Lipinski definition) is 1. The number of aliphatic carboxylic acids is 1. The molecular formula is C21H34O5Si. The van der Waals surface area contributed by atoms with E-state index in [2.05, 4.69) is 46.9 Å². The van der Waals surface area contributed by atoms with Gasteiger partial charge in [0.2, 0.25) is 0 Å². The molecule has 1 aromatic rings. The number of carbonyl (C=O) groups is 1. The summed E-state index contributed by atoms with van der Waals surface area (Å²) in [5.74, 6) is -0.174. The molecule has 0 bridgehead atoms. The lowest BCUT2D eigenvalue weighted by molar-refractivity contribution is -0.140. The van der Waals surface area contributed by atoms with E-state index in [1.54, 1.807) is 7.11 Å². The van der Waals surface area contributed by atoms with Crippen molar-refractivity contribution in [3.8, 4) is 5.75 Å². The van der Waals surface area contributed by atoms with Gasteiger partial charge >= 0.3 is 5.97 Å². The number of aryl methyl sites for hydroxylation is 1. The highest BCUT2D eigenvalue weighted by atomic mass is 28.4. The minimum absolute atomic E-state index is 0.0922. The zero-order chi connectivity index (χ0) is 20.5. The van der Waals surface area contributed by atoms with E-state index in [4.69, 9.17) is 13.9 Å². The van der Waals surface area contributed by atoms with E-state index < -0.39 is 19.7 Å². The first kappa shape index (κ1) is 21.9. The van der Waals surface area contributed by atoms with Crippen LogP contribution in [-0.2, 0) is 32.4 Å². The Bertz CT molecular complexity index is 687. The predicted molar refractivity (Wildman–Crippen MR) is 109 cm³/mol. The van der Waals surface area contributed by atoms with Gasteiger partial charge in [0.1, 0.15) is 5.75 Å². The molecule has 0 aromatic heterocycles. The maximum atomic E-state index is 12.1. The number of ether oxygens (including phenoxy) is 2. The molecule has 0 aliphatic heterocycles. The van der Waals surface area contributed by atoms with Gasteiger partial charge in [-0.15, -0.1) is 0 Å². The van der Waals surface area contributed by atoms with Crippen LogP contribution >= 0.6 is 0 Å². The van der Waals surface area contributed by atoms with Crippen LogP contribution < -0.4 is 4.74 Å². The van der Waals surface area contributed by atoms with Crippen LogP contribution in [0.3, 0.4) is 0 Å². The molecule has 0 spiro atoms. The van der Waals surface area contributed by atoms with E-state index in [1.807, 2.05) is 6.07 Å². The number of benzene rings is 1. The van der Waals surface area contributed by atoms with Crippen LogP contribution in [0.15, 0.2) is 12.1 Å². The Labute approximate surface area is 164 Å². The molecule has 1 aromatic carbocycles. The summed E-state index contributed by atoms with van der Waals surface area (Å²) in [6.45, 7) is 13.6. The standard InChI is InChI=1S/C21H34O5Si/c1-8-15-11-16(13-26-27(6,7)20(2,3)4)18(17(12-15)25-14-24-5)21(9-10-21)19(22)23/h11-12H,8-10,13-14H2,1-7H3,(H,22,23). The molecule has 0 amide bonds. The van der Waals surface area contributed by atoms with Gasteiger partial charge in [0, 0.05) is 12.7 Å². The van der Waals surface area contributed by atoms with Crippen LogP contribution in [0.2, 0.25) is 18.1 Å². The summed E-state index contributed by atoms with van der Waals surface area (Å²) < 4.78 is 17.3. The highest BCUT2D eigenvalue weighted by Gasteiger charge is 2.54. The molecule has 6 heteroatoms. The SMILES string of the molecule is CCc1cc(CO[Si](C)(C)C(C)(C)C)c(C2(C(=O)O)CC2)c(OCOC)c1. The van der Waals surface area contributed by atoms with Crippen molar-refractivity contribution < 1.29 is 23.8 Å². The average molecular weight is 395 g/mol. The third-order valence-electron chi connectivity index (χ3n) is 6.02. The van der Waals surface area contributed by atoms with Crippen LogP contribution in [0, 0.1) is 0 Å². The first-order chi connectivity index (χ1) is 12.5. The van der Waals surface area contributed by atoms with Gasteiger partial charge < -0.3 is 19.0 Å². The number of hydrogen-bond acceptors (Lipinski definition) is 4. The monoisotopic (exact) mass is 394 g/mol. The second-order valence-electron chi connectivity index (χ2n) is 8.97. The molecule has 27 heavy (non-hydrogen) atoms. The molecule has 1 fully saturated rings. The summed E-state index contributed by atoms with van der Waals surface area (Å²) in [5, 5.41) is 9.99. The quantitative estimate of drug-likeness (QED) is 0.478. The predicted octanol–water partition coefficient (Wildman–Crippen LogP) is 4.87. The number of methoxy groups -OCH3 is 1. The fourth-order valence-electron chi connectivity index (χ4n) is 3.00. The summed E-state index contributed by atoms with van der Waals surface area (Å²) in [6, 6.07) is 4.04. The van der Waals surface area contributed by atoms with Gasteiger partial charge in [-0.1, -0.05) is 33.8 Å². The fourth-order valence-corrected chi connectivity index (χ4v) is 3.95. The van der Waals surface area contributed by atoms with Gasteiger partial charge in [-0.3, -0.25) is 4.79 Å². The zero-order valence-corrected chi connectivity index (χ0v) is 18.8. The van der Waals surface area contributed by atoms with Crippen LogP contribution in [0.1, 0.15) is 57.2 Å². The molecule has 0 radical (unpaired) electrons. The molecule has 1 saturated carbocycles. The second kappa shape index (κ2) is 7.93. The average Bonchev–Trinajstić information content (AvgIpc) is 3.38. The van der Waals surface area contributed by atoms with Crippen molar-refractivity contribution in [2.24, 2.45) is 0 Å². The lowest BCUT2D eigenvalue weighted by Gasteiger charge is -2.36. The molecule has 0 atom stereocenters. The minimum Gasteiger partial charge on any atom is -0.481 e. The third-order valence-corrected chi connectivity index (χ3v) is 10.5. The Kier molecular flexibility index (Phi) is 6.44. The van der Waals surface area contributed by atoms with Gasteiger partial charge in [0.05, 0.1) is 12.0 Å². The summed E-state index contributed by atoms with van der Waals surface area (Å²) in [4.78, 5) is 12.1. The van der Waals surface area contributed by atoms with Gasteiger partial charge in [0.25, 0.3) is 0 Å². The number of rotatable bonds is 9. The lowest BCUT2D eigenvalue weighted by Crippen LogP contribution is -2.40. The Morgan fingerprint density at radius 1 is 1.26 bits per heavy atom. The normalized spacial score (nSPS) is 16.3. The summed E-state index contributed by atoms with van der Waals surface area (Å²) in [6.07, 6.45) is 2.10. The van der Waals surface area contributed by atoms with Crippen molar-refractivity contribution in [3.63, 3.8) is 0 Å². The highest BCUT2D eigenvalue weighted by Crippen LogP contribution is 2.53. The smallest absolute Gasteiger partial charge is 0.314 e. The van der Waals surface area contributed by atoms with E-state index in [0.29, 0.717) is 25.2 Å². The molecule has 0 heterocycles. The molecule has 152 valence electrons. The van der Waals surface area contributed by atoms with Gasteiger partial charge in [-0.05, 0) is 54.6 Å². The lowest BCUT2D eigenvalue weighted by atomic mass is 9.89. The Morgan fingerprint density at radius 3 is 2.33 bits per heavy atom. The van der Waals surface area contributed by atoms with Crippen molar-refractivity contribution >= 4 is 14.3 Å². The molecule has 1 aliphatic rings. The topological polar surface area (TPSA) is 65.0 Å². The Morgan fingerprint density at radius 2 is 1.89 bits per heavy atom. The number of carboxylic acid groups (broad SMARTS) is 1. The van der Waals surface area contributed by atoms with Crippen LogP contribution in [-0.4, -0.2) is 33.3 Å². The molecular weight excluding hydrogens is 360 g/mol. The fraction of sp³-hybridized carbons (Fsp3) is 0.667. The largest absolute Gasteiger partial charge is 0.481 e. The molecule has 0 unspecified atom stereocenters. The maximum Gasteiger partial charge on any atom is 0.314 e. The van der Waals surface area contributed by atoms with Gasteiger partial charge in [-0.2, -0.15) is 0 Å².